The zero-order chi connectivity index (χ0) is 12.1. The molecule has 90 valence electrons. The quantitative estimate of drug-likeness (QED) is 0.465. The molecule has 16 heavy (non-hydrogen) atoms. The van der Waals surface area contributed by atoms with Gasteiger partial charge in [0.25, 0.3) is 5.09 Å². The van der Waals surface area contributed by atoms with Gasteiger partial charge in [0.1, 0.15) is 0 Å². The lowest BCUT2D eigenvalue weighted by Crippen LogP contribution is -2.27. The predicted molar refractivity (Wildman–Crippen MR) is 60.6 cm³/mol. The minimum atomic E-state index is -0.860. The van der Waals surface area contributed by atoms with E-state index in [9.17, 15) is 10.1 Å². The van der Waals surface area contributed by atoms with Crippen LogP contribution in [-0.2, 0) is 17.7 Å². The molecule has 0 radical (unpaired) electrons. The molecule has 0 saturated heterocycles. The Morgan fingerprint density at radius 3 is 2.88 bits per heavy atom. The molecule has 1 rings (SSSR count). The number of rotatable bonds is 6. The fourth-order valence-electron chi connectivity index (χ4n) is 1.31. The lowest BCUT2D eigenvalue weighted by atomic mass is 10.2. The molecule has 0 spiro atoms. The maximum absolute atomic E-state index is 10.0. The molecule has 1 atom stereocenters. The van der Waals surface area contributed by atoms with Crippen molar-refractivity contribution in [1.29, 1.82) is 0 Å². The van der Waals surface area contributed by atoms with Gasteiger partial charge in [-0.3, -0.25) is 4.84 Å². The van der Waals surface area contributed by atoms with Gasteiger partial charge < -0.3 is 5.73 Å². The number of hydrogen-bond acceptors (Lipinski definition) is 6. The molecule has 1 unspecified atom stereocenters. The fraction of sp³-hybridized carbons (Fsp3) is 0.667. The first-order chi connectivity index (χ1) is 7.52. The van der Waals surface area contributed by atoms with Crippen LogP contribution in [0.3, 0.4) is 0 Å². The van der Waals surface area contributed by atoms with E-state index in [4.69, 9.17) is 5.73 Å². The molecule has 1 aromatic rings. The Morgan fingerprint density at radius 2 is 2.38 bits per heavy atom. The Labute approximate surface area is 97.5 Å². The van der Waals surface area contributed by atoms with Gasteiger partial charge in [-0.1, -0.05) is 6.92 Å². The number of aryl methyl sites for hydroxylation is 3. The minimum Gasteiger partial charge on any atom is -0.306 e. The highest BCUT2D eigenvalue weighted by molar-refractivity contribution is 7.11. The van der Waals surface area contributed by atoms with Crippen molar-refractivity contribution >= 4 is 11.3 Å². The number of aromatic nitrogens is 1. The van der Waals surface area contributed by atoms with Crippen LogP contribution < -0.4 is 5.73 Å². The third-order valence-corrected chi connectivity index (χ3v) is 3.48. The topological polar surface area (TPSA) is 91.3 Å². The third kappa shape index (κ3) is 3.74. The Bertz CT molecular complexity index is 367. The van der Waals surface area contributed by atoms with Gasteiger partial charge in [-0.05, 0) is 26.2 Å². The monoisotopic (exact) mass is 245 g/mol. The first kappa shape index (κ1) is 12.9. The molecule has 1 heterocycles. The summed E-state index contributed by atoms with van der Waals surface area (Å²) in [5.41, 5.74) is 6.41. The van der Waals surface area contributed by atoms with E-state index in [0.717, 1.165) is 22.0 Å². The van der Waals surface area contributed by atoms with Gasteiger partial charge in [-0.2, -0.15) is 0 Å². The zero-order valence-corrected chi connectivity index (χ0v) is 10.1. The largest absolute Gasteiger partial charge is 0.306 e. The van der Waals surface area contributed by atoms with Crippen LogP contribution in [0.2, 0.25) is 0 Å². The van der Waals surface area contributed by atoms with Gasteiger partial charge in [0.15, 0.2) is 6.23 Å². The van der Waals surface area contributed by atoms with Gasteiger partial charge in [-0.25, -0.2) is 4.98 Å². The number of nitrogens with zero attached hydrogens (tertiary/aromatic N) is 2. The lowest BCUT2D eigenvalue weighted by Gasteiger charge is -2.07. The van der Waals surface area contributed by atoms with Crippen LogP contribution in [0.4, 0.5) is 0 Å². The first-order valence-corrected chi connectivity index (χ1v) is 5.86. The van der Waals surface area contributed by atoms with Crippen LogP contribution in [-0.4, -0.2) is 16.3 Å². The fourth-order valence-corrected chi connectivity index (χ4v) is 2.33. The summed E-state index contributed by atoms with van der Waals surface area (Å²) in [6.07, 6.45) is 1.14. The smallest absolute Gasteiger partial charge is 0.296 e. The Balaban J connectivity index is 2.47. The predicted octanol–water partition coefficient (Wildman–Crippen LogP) is 1.44. The third-order valence-electron chi connectivity index (χ3n) is 2.12. The molecule has 2 N–H and O–H groups in total. The van der Waals surface area contributed by atoms with Crippen molar-refractivity contribution in [3.63, 3.8) is 0 Å². The lowest BCUT2D eigenvalue weighted by molar-refractivity contribution is -0.768. The molecular weight excluding hydrogens is 230 g/mol. The number of thiazole rings is 1. The van der Waals surface area contributed by atoms with Crippen molar-refractivity contribution in [1.82, 2.24) is 4.98 Å². The Morgan fingerprint density at radius 1 is 1.69 bits per heavy atom. The van der Waals surface area contributed by atoms with Gasteiger partial charge in [0.05, 0.1) is 10.7 Å². The highest BCUT2D eigenvalue weighted by atomic mass is 32.1. The summed E-state index contributed by atoms with van der Waals surface area (Å²) >= 11 is 1.63. The molecule has 0 aliphatic heterocycles. The highest BCUT2D eigenvalue weighted by Crippen LogP contribution is 2.20. The summed E-state index contributed by atoms with van der Waals surface area (Å²) in [7, 11) is 0. The van der Waals surface area contributed by atoms with E-state index in [-0.39, 0.29) is 0 Å². The molecule has 0 aromatic carbocycles. The highest BCUT2D eigenvalue weighted by Gasteiger charge is 2.11. The van der Waals surface area contributed by atoms with Crippen molar-refractivity contribution in [2.75, 3.05) is 0 Å². The Hall–Kier alpha value is -1.21. The van der Waals surface area contributed by atoms with Crippen LogP contribution >= 0.6 is 11.3 Å². The van der Waals surface area contributed by atoms with Crippen molar-refractivity contribution in [2.24, 2.45) is 5.73 Å². The van der Waals surface area contributed by atoms with Crippen LogP contribution in [0.15, 0.2) is 0 Å². The maximum atomic E-state index is 10.0. The second-order valence-electron chi connectivity index (χ2n) is 3.38. The Kier molecular flexibility index (Phi) is 4.63. The van der Waals surface area contributed by atoms with E-state index >= 15 is 0 Å². The van der Waals surface area contributed by atoms with E-state index in [1.54, 1.807) is 11.3 Å². The molecule has 0 bridgehead atoms. The van der Waals surface area contributed by atoms with E-state index in [2.05, 4.69) is 9.82 Å². The van der Waals surface area contributed by atoms with E-state index in [1.807, 2.05) is 13.8 Å². The normalized spacial score (nSPS) is 12.4. The number of nitrogens with two attached hydrogens (primary N) is 1. The van der Waals surface area contributed by atoms with E-state index in [0.29, 0.717) is 12.8 Å². The zero-order valence-electron chi connectivity index (χ0n) is 9.30. The summed E-state index contributed by atoms with van der Waals surface area (Å²) in [6.45, 7) is 3.98. The van der Waals surface area contributed by atoms with E-state index < -0.39 is 11.3 Å². The van der Waals surface area contributed by atoms with Gasteiger partial charge >= 0.3 is 0 Å². The average molecular weight is 245 g/mol. The van der Waals surface area contributed by atoms with Crippen molar-refractivity contribution < 1.29 is 9.92 Å². The molecule has 0 aliphatic carbocycles. The van der Waals surface area contributed by atoms with Crippen molar-refractivity contribution in [3.05, 3.63) is 25.7 Å². The van der Waals surface area contributed by atoms with Crippen molar-refractivity contribution in [2.45, 2.75) is 39.3 Å². The molecule has 1 aromatic heterocycles. The first-order valence-electron chi connectivity index (χ1n) is 5.04. The molecule has 6 nitrogen and oxygen atoms in total. The van der Waals surface area contributed by atoms with Gasteiger partial charge in [0.2, 0.25) is 0 Å². The second kappa shape index (κ2) is 5.76. The maximum Gasteiger partial charge on any atom is 0.296 e. The van der Waals surface area contributed by atoms with Crippen LogP contribution in [0.25, 0.3) is 0 Å². The summed E-state index contributed by atoms with van der Waals surface area (Å²) in [5, 5.41) is 10.3. The van der Waals surface area contributed by atoms with Crippen LogP contribution in [0.1, 0.15) is 28.9 Å². The second-order valence-corrected chi connectivity index (χ2v) is 4.54. The van der Waals surface area contributed by atoms with Gasteiger partial charge in [0, 0.05) is 4.88 Å². The SMILES string of the molecule is CCc1nc(C)c(CCC(N)O[N+](=O)[O-])s1. The standard InChI is InChI=1S/C9H15N3O3S/c1-3-9-11-6(2)7(16-9)4-5-8(10)15-12(13)14/h8H,3-5,10H2,1-2H3. The van der Waals surface area contributed by atoms with Crippen molar-refractivity contribution in [3.8, 4) is 0 Å². The van der Waals surface area contributed by atoms with Crippen LogP contribution in [0.5, 0.6) is 0 Å². The summed E-state index contributed by atoms with van der Waals surface area (Å²) in [6, 6.07) is 0. The van der Waals surface area contributed by atoms with Gasteiger partial charge in [-0.15, -0.1) is 21.5 Å². The van der Waals surface area contributed by atoms with E-state index in [1.165, 1.54) is 0 Å². The molecular formula is C9H15N3O3S. The summed E-state index contributed by atoms with van der Waals surface area (Å²) in [4.78, 5) is 19.8. The summed E-state index contributed by atoms with van der Waals surface area (Å²) in [5.74, 6) is 0. The molecule has 0 aliphatic rings. The summed E-state index contributed by atoms with van der Waals surface area (Å²) < 4.78 is 0. The number of hydrogen-bond donors (Lipinski definition) is 1. The average Bonchev–Trinajstić information content (AvgIpc) is 2.55. The molecule has 0 saturated carbocycles. The molecule has 7 heteroatoms. The molecule has 0 amide bonds. The molecule has 0 fully saturated rings. The minimum absolute atomic E-state index is 0.424. The van der Waals surface area contributed by atoms with Crippen LogP contribution in [0, 0.1) is 17.0 Å².